The summed E-state index contributed by atoms with van der Waals surface area (Å²) < 4.78 is 10.7. The van der Waals surface area contributed by atoms with E-state index in [0.29, 0.717) is 17.2 Å². The van der Waals surface area contributed by atoms with E-state index in [1.807, 2.05) is 37.3 Å². The molecule has 0 radical (unpaired) electrons. The molecule has 3 atom stereocenters. The lowest BCUT2D eigenvalue weighted by atomic mass is 10.1. The van der Waals surface area contributed by atoms with Crippen molar-refractivity contribution in [2.24, 2.45) is 5.92 Å². The Balaban J connectivity index is 1.33. The molecule has 0 bridgehead atoms. The van der Waals surface area contributed by atoms with Crippen molar-refractivity contribution in [3.8, 4) is 11.5 Å². The molecule has 0 spiro atoms. The largest absolute Gasteiger partial charge is 0.454 e. The lowest BCUT2D eigenvalue weighted by molar-refractivity contribution is -0.131. The molecule has 2 heterocycles. The molecule has 2 aromatic rings. The van der Waals surface area contributed by atoms with Crippen LogP contribution >= 0.6 is 0 Å². The third-order valence-corrected chi connectivity index (χ3v) is 5.57. The van der Waals surface area contributed by atoms with Crippen LogP contribution in [0, 0.1) is 5.92 Å². The lowest BCUT2D eigenvalue weighted by Gasteiger charge is -2.20. The van der Waals surface area contributed by atoms with Crippen LogP contribution in [-0.2, 0) is 14.4 Å². The zero-order chi connectivity index (χ0) is 22.0. The number of benzene rings is 2. The maximum atomic E-state index is 12.7. The Hall–Kier alpha value is -3.55. The van der Waals surface area contributed by atoms with E-state index in [1.165, 1.54) is 0 Å². The van der Waals surface area contributed by atoms with Gasteiger partial charge in [0, 0.05) is 24.7 Å². The van der Waals surface area contributed by atoms with Crippen LogP contribution in [0.15, 0.2) is 48.5 Å². The summed E-state index contributed by atoms with van der Waals surface area (Å²) >= 11 is 0. The Morgan fingerprint density at radius 2 is 1.77 bits per heavy atom. The highest BCUT2D eigenvalue weighted by molar-refractivity contribution is 6.01. The second-order valence-corrected chi connectivity index (χ2v) is 7.81. The number of hydrogen-bond acceptors (Lipinski definition) is 5. The maximum absolute atomic E-state index is 12.7. The van der Waals surface area contributed by atoms with E-state index in [2.05, 4.69) is 10.6 Å². The highest BCUT2D eigenvalue weighted by Crippen LogP contribution is 2.37. The smallest absolute Gasteiger partial charge is 0.242 e. The van der Waals surface area contributed by atoms with E-state index in [4.69, 9.17) is 9.47 Å². The van der Waals surface area contributed by atoms with Crippen molar-refractivity contribution in [2.75, 3.05) is 18.2 Å². The fourth-order valence-electron chi connectivity index (χ4n) is 3.75. The number of nitrogens with one attached hydrogen (secondary N) is 2. The topological polar surface area (TPSA) is 97.0 Å². The van der Waals surface area contributed by atoms with Gasteiger partial charge in [0.05, 0.1) is 12.0 Å². The van der Waals surface area contributed by atoms with Gasteiger partial charge in [0.25, 0.3) is 0 Å². The molecule has 8 nitrogen and oxygen atoms in total. The van der Waals surface area contributed by atoms with Crippen LogP contribution in [0.4, 0.5) is 5.69 Å². The Kier molecular flexibility index (Phi) is 5.79. The van der Waals surface area contributed by atoms with Crippen molar-refractivity contribution >= 4 is 23.4 Å². The Morgan fingerprint density at radius 1 is 1.03 bits per heavy atom. The summed E-state index contributed by atoms with van der Waals surface area (Å²) in [5.74, 6) is -0.0490. The van der Waals surface area contributed by atoms with E-state index < -0.39 is 12.0 Å². The summed E-state index contributed by atoms with van der Waals surface area (Å²) in [6.45, 7) is 3.93. The first-order valence-electron chi connectivity index (χ1n) is 10.3. The molecule has 0 aliphatic carbocycles. The van der Waals surface area contributed by atoms with E-state index in [-0.39, 0.29) is 43.5 Å². The quantitative estimate of drug-likeness (QED) is 0.742. The minimum atomic E-state index is -0.714. The number of fused-ring (bicyclic) bond motifs is 1. The van der Waals surface area contributed by atoms with Gasteiger partial charge in [0.2, 0.25) is 24.5 Å². The van der Waals surface area contributed by atoms with Gasteiger partial charge in [0.1, 0.15) is 6.04 Å². The average molecular weight is 423 g/mol. The molecule has 1 saturated heterocycles. The molecule has 4 rings (SSSR count). The average Bonchev–Trinajstić information content (AvgIpc) is 3.40. The molecular weight excluding hydrogens is 398 g/mol. The van der Waals surface area contributed by atoms with Crippen LogP contribution in [0.5, 0.6) is 11.5 Å². The van der Waals surface area contributed by atoms with Crippen molar-refractivity contribution in [2.45, 2.75) is 32.4 Å². The molecule has 31 heavy (non-hydrogen) atoms. The van der Waals surface area contributed by atoms with Gasteiger partial charge < -0.3 is 25.0 Å². The van der Waals surface area contributed by atoms with Crippen molar-refractivity contribution in [1.82, 2.24) is 10.6 Å². The SMILES string of the molecule is CC(NC(=O)[C@H](C)NC(=O)C1CC(=O)N(c2ccc3c(c2)OCO3)C1)c1ccccc1. The van der Waals surface area contributed by atoms with Crippen molar-refractivity contribution in [3.63, 3.8) is 0 Å². The molecule has 2 aromatic carbocycles. The molecule has 2 N–H and O–H groups in total. The van der Waals surface area contributed by atoms with E-state index in [1.54, 1.807) is 30.0 Å². The number of nitrogens with zero attached hydrogens (tertiary/aromatic N) is 1. The monoisotopic (exact) mass is 423 g/mol. The molecule has 8 heteroatoms. The zero-order valence-corrected chi connectivity index (χ0v) is 17.5. The van der Waals surface area contributed by atoms with Gasteiger partial charge in [-0.15, -0.1) is 0 Å². The van der Waals surface area contributed by atoms with Gasteiger partial charge in [-0.05, 0) is 31.5 Å². The zero-order valence-electron chi connectivity index (χ0n) is 17.5. The fraction of sp³-hybridized carbons (Fsp3) is 0.348. The van der Waals surface area contributed by atoms with Gasteiger partial charge in [-0.1, -0.05) is 30.3 Å². The maximum Gasteiger partial charge on any atom is 0.242 e. The summed E-state index contributed by atoms with van der Waals surface area (Å²) in [4.78, 5) is 39.3. The van der Waals surface area contributed by atoms with Crippen LogP contribution in [0.2, 0.25) is 0 Å². The lowest BCUT2D eigenvalue weighted by Crippen LogP contribution is -2.47. The van der Waals surface area contributed by atoms with Crippen LogP contribution in [-0.4, -0.2) is 37.1 Å². The summed E-state index contributed by atoms with van der Waals surface area (Å²) in [7, 11) is 0. The highest BCUT2D eigenvalue weighted by atomic mass is 16.7. The van der Waals surface area contributed by atoms with Crippen LogP contribution in [0.3, 0.4) is 0 Å². The number of rotatable bonds is 6. The predicted octanol–water partition coefficient (Wildman–Crippen LogP) is 2.15. The molecule has 2 unspecified atom stereocenters. The summed E-state index contributed by atoms with van der Waals surface area (Å²) in [6.07, 6.45) is 0.0923. The molecule has 2 aliphatic rings. The minimum absolute atomic E-state index is 0.0923. The second kappa shape index (κ2) is 8.67. The third kappa shape index (κ3) is 4.47. The molecule has 0 saturated carbocycles. The van der Waals surface area contributed by atoms with E-state index >= 15 is 0 Å². The first-order chi connectivity index (χ1) is 14.9. The van der Waals surface area contributed by atoms with Gasteiger partial charge in [-0.2, -0.15) is 0 Å². The number of anilines is 1. The Labute approximate surface area is 180 Å². The minimum Gasteiger partial charge on any atom is -0.454 e. The first-order valence-corrected chi connectivity index (χ1v) is 10.3. The number of carbonyl (C=O) groups excluding carboxylic acids is 3. The fourth-order valence-corrected chi connectivity index (χ4v) is 3.75. The highest BCUT2D eigenvalue weighted by Gasteiger charge is 2.36. The first kappa shape index (κ1) is 20.7. The van der Waals surface area contributed by atoms with Crippen molar-refractivity contribution in [1.29, 1.82) is 0 Å². The van der Waals surface area contributed by atoms with Crippen molar-refractivity contribution in [3.05, 3.63) is 54.1 Å². The molecule has 0 aromatic heterocycles. The summed E-state index contributed by atoms with van der Waals surface area (Å²) in [5, 5.41) is 5.64. The molecule has 162 valence electrons. The van der Waals surface area contributed by atoms with Gasteiger partial charge in [-0.3, -0.25) is 14.4 Å². The molecule has 3 amide bonds. The number of ether oxygens (including phenoxy) is 2. The van der Waals surface area contributed by atoms with Crippen LogP contribution < -0.4 is 25.0 Å². The Bertz CT molecular complexity index is 994. The summed E-state index contributed by atoms with van der Waals surface area (Å²) in [5.41, 5.74) is 1.64. The van der Waals surface area contributed by atoms with E-state index in [0.717, 1.165) is 5.56 Å². The second-order valence-electron chi connectivity index (χ2n) is 7.81. The standard InChI is InChI=1S/C23H25N3O5/c1-14(16-6-4-3-5-7-16)24-22(28)15(2)25-23(29)17-10-21(27)26(12-17)18-8-9-19-20(11-18)31-13-30-19/h3-9,11,14-15,17H,10,12-13H2,1-2H3,(H,24,28)(H,25,29)/t14?,15-,17?/m0/s1. The Morgan fingerprint density at radius 3 is 2.55 bits per heavy atom. The third-order valence-electron chi connectivity index (χ3n) is 5.57. The molecular formula is C23H25N3O5. The normalized spacial score (nSPS) is 19.1. The molecule has 2 aliphatic heterocycles. The van der Waals surface area contributed by atoms with Crippen LogP contribution in [0.1, 0.15) is 31.9 Å². The van der Waals surface area contributed by atoms with Crippen molar-refractivity contribution < 1.29 is 23.9 Å². The van der Waals surface area contributed by atoms with Gasteiger partial charge in [0.15, 0.2) is 11.5 Å². The summed E-state index contributed by atoms with van der Waals surface area (Å²) in [6, 6.07) is 14.0. The number of carbonyl (C=O) groups is 3. The molecule has 1 fully saturated rings. The number of hydrogen-bond donors (Lipinski definition) is 2. The van der Waals surface area contributed by atoms with Gasteiger partial charge >= 0.3 is 0 Å². The van der Waals surface area contributed by atoms with E-state index in [9.17, 15) is 14.4 Å². The van der Waals surface area contributed by atoms with Gasteiger partial charge in [-0.25, -0.2) is 0 Å². The number of amides is 3. The predicted molar refractivity (Wildman–Crippen MR) is 114 cm³/mol. The van der Waals surface area contributed by atoms with Crippen LogP contribution in [0.25, 0.3) is 0 Å².